The lowest BCUT2D eigenvalue weighted by molar-refractivity contribution is -0.145. The van der Waals surface area contributed by atoms with Crippen molar-refractivity contribution in [3.05, 3.63) is 34.9 Å². The predicted octanol–water partition coefficient (Wildman–Crippen LogP) is 4.56. The molecule has 0 radical (unpaired) electrons. The lowest BCUT2D eigenvalue weighted by Crippen LogP contribution is -2.40. The van der Waals surface area contributed by atoms with Crippen LogP contribution in [0.15, 0.2) is 34.9 Å². The molecule has 0 bridgehead atoms. The van der Waals surface area contributed by atoms with Crippen LogP contribution in [-0.2, 0) is 14.4 Å². The van der Waals surface area contributed by atoms with E-state index in [1.165, 1.54) is 33.4 Å². The predicted molar refractivity (Wildman–Crippen MR) is 130 cm³/mol. The molecule has 1 atom stereocenters. The maximum absolute atomic E-state index is 12.3. The quantitative estimate of drug-likeness (QED) is 0.264. The minimum atomic E-state index is -0.995. The van der Waals surface area contributed by atoms with Gasteiger partial charge < -0.3 is 15.7 Å². The number of carbonyl (C=O) groups is 3. The van der Waals surface area contributed by atoms with Crippen LogP contribution in [0.4, 0.5) is 0 Å². The molecule has 0 aromatic heterocycles. The summed E-state index contributed by atoms with van der Waals surface area (Å²) in [4.78, 5) is 36.1. The maximum atomic E-state index is 12.3. The molecule has 0 spiro atoms. The lowest BCUT2D eigenvalue weighted by Gasteiger charge is -2.21. The zero-order chi connectivity index (χ0) is 23.8. The van der Waals surface area contributed by atoms with E-state index in [-0.39, 0.29) is 18.9 Å². The van der Waals surface area contributed by atoms with Gasteiger partial charge in [0.05, 0.1) is 12.5 Å². The average Bonchev–Trinajstić information content (AvgIpc) is 2.67. The Bertz CT molecular complexity index is 679. The normalized spacial score (nSPS) is 12.9. The van der Waals surface area contributed by atoms with Crippen molar-refractivity contribution in [1.82, 2.24) is 4.90 Å². The molecule has 1 unspecified atom stereocenters. The van der Waals surface area contributed by atoms with Crippen LogP contribution in [0.5, 0.6) is 0 Å². The summed E-state index contributed by atoms with van der Waals surface area (Å²) >= 11 is 1.51. The minimum Gasteiger partial charge on any atom is -0.481 e. The second-order valence-corrected chi connectivity index (χ2v) is 9.19. The van der Waals surface area contributed by atoms with Gasteiger partial charge in [0, 0.05) is 24.5 Å². The third kappa shape index (κ3) is 15.4. The molecule has 0 aromatic carbocycles. The fourth-order valence-electron chi connectivity index (χ4n) is 2.87. The van der Waals surface area contributed by atoms with Crippen molar-refractivity contribution in [1.29, 1.82) is 0 Å². The molecule has 0 rings (SSSR count). The van der Waals surface area contributed by atoms with Crippen LogP contribution in [0.2, 0.25) is 0 Å². The number of thioether (sulfide) groups is 1. The first kappa shape index (κ1) is 29.0. The van der Waals surface area contributed by atoms with Crippen molar-refractivity contribution in [2.45, 2.75) is 66.7 Å². The Kier molecular flexibility index (Phi) is 15.6. The number of carboxylic acid groups (broad SMARTS) is 1. The summed E-state index contributed by atoms with van der Waals surface area (Å²) in [5.41, 5.74) is 9.18. The largest absolute Gasteiger partial charge is 0.481 e. The average molecular weight is 453 g/mol. The molecule has 2 amide bonds. The van der Waals surface area contributed by atoms with Crippen molar-refractivity contribution in [3.63, 3.8) is 0 Å². The summed E-state index contributed by atoms with van der Waals surface area (Å²) in [6.07, 6.45) is 10.7. The van der Waals surface area contributed by atoms with E-state index in [2.05, 4.69) is 45.9 Å². The first-order valence-corrected chi connectivity index (χ1v) is 12.0. The molecule has 0 fully saturated rings. The van der Waals surface area contributed by atoms with Crippen molar-refractivity contribution < 1.29 is 19.5 Å². The van der Waals surface area contributed by atoms with Crippen LogP contribution in [0.25, 0.3) is 0 Å². The van der Waals surface area contributed by atoms with Gasteiger partial charge in [-0.15, -0.1) is 0 Å². The van der Waals surface area contributed by atoms with Gasteiger partial charge in [-0.1, -0.05) is 34.9 Å². The number of carbonyl (C=O) groups excluding carboxylic acids is 2. The molecule has 0 saturated carbocycles. The van der Waals surface area contributed by atoms with Gasteiger partial charge >= 0.3 is 5.97 Å². The van der Waals surface area contributed by atoms with Crippen LogP contribution < -0.4 is 5.73 Å². The Morgan fingerprint density at radius 2 is 1.58 bits per heavy atom. The monoisotopic (exact) mass is 452 g/mol. The fourth-order valence-corrected chi connectivity index (χ4v) is 3.96. The Morgan fingerprint density at radius 3 is 2.10 bits per heavy atom. The second-order valence-electron chi connectivity index (χ2n) is 8.11. The molecule has 0 aliphatic rings. The van der Waals surface area contributed by atoms with Crippen LogP contribution in [0, 0.1) is 5.92 Å². The van der Waals surface area contributed by atoms with Crippen LogP contribution in [0.3, 0.4) is 0 Å². The van der Waals surface area contributed by atoms with Crippen LogP contribution >= 0.6 is 11.8 Å². The summed E-state index contributed by atoms with van der Waals surface area (Å²) in [6.45, 7) is 10.4. The van der Waals surface area contributed by atoms with E-state index >= 15 is 0 Å². The molecule has 0 aromatic rings. The fraction of sp³-hybridized carbons (Fsp3) is 0.625. The minimum absolute atomic E-state index is 0.122. The second kappa shape index (κ2) is 16.6. The number of carboxylic acids is 1. The highest BCUT2D eigenvalue weighted by Crippen LogP contribution is 2.17. The number of nitrogens with zero attached hydrogens (tertiary/aromatic N) is 1. The topological polar surface area (TPSA) is 101 Å². The molecule has 31 heavy (non-hydrogen) atoms. The Labute approximate surface area is 192 Å². The summed E-state index contributed by atoms with van der Waals surface area (Å²) in [6, 6.07) is 0. The van der Waals surface area contributed by atoms with Gasteiger partial charge in [-0.3, -0.25) is 14.4 Å². The number of hydrogen-bond acceptors (Lipinski definition) is 4. The van der Waals surface area contributed by atoms with Gasteiger partial charge in [-0.05, 0) is 60.3 Å². The molecule has 0 aliphatic carbocycles. The highest BCUT2D eigenvalue weighted by molar-refractivity contribution is 7.99. The van der Waals surface area contributed by atoms with E-state index in [9.17, 15) is 19.5 Å². The smallest absolute Gasteiger partial charge is 0.307 e. The standard InChI is InChI=1S/C24H40N2O4S/c1-6-26(16-22(25)27)23(28)15-21(24(29)30)17-31-14-13-20(5)12-8-11-19(4)10-7-9-18(2)3/h9,11,13,21H,6-8,10,12,14-17H2,1-5H3,(H2,25,27)(H,29,30)/b19-11+,20-13+. The van der Waals surface area contributed by atoms with Gasteiger partial charge in [0.1, 0.15) is 0 Å². The summed E-state index contributed by atoms with van der Waals surface area (Å²) in [5, 5.41) is 9.43. The Hall–Kier alpha value is -2.02. The molecule has 7 heteroatoms. The van der Waals surface area contributed by atoms with Gasteiger partial charge in [0.15, 0.2) is 0 Å². The van der Waals surface area contributed by atoms with Crippen molar-refractivity contribution in [2.75, 3.05) is 24.6 Å². The molecule has 0 aliphatic heterocycles. The number of primary amides is 1. The number of hydrogen-bond donors (Lipinski definition) is 2. The van der Waals surface area contributed by atoms with E-state index in [0.29, 0.717) is 18.1 Å². The summed E-state index contributed by atoms with van der Waals surface area (Å²) in [5.74, 6) is -1.67. The van der Waals surface area contributed by atoms with Gasteiger partial charge in [-0.2, -0.15) is 11.8 Å². The number of amides is 2. The highest BCUT2D eigenvalue weighted by Gasteiger charge is 2.24. The van der Waals surface area contributed by atoms with E-state index in [4.69, 9.17) is 5.73 Å². The van der Waals surface area contributed by atoms with Crippen LogP contribution in [0.1, 0.15) is 66.7 Å². The zero-order valence-corrected chi connectivity index (χ0v) is 20.6. The number of aliphatic carboxylic acids is 1. The third-order valence-electron chi connectivity index (χ3n) is 4.84. The van der Waals surface area contributed by atoms with E-state index < -0.39 is 17.8 Å². The SMILES string of the molecule is CCN(CC(N)=O)C(=O)CC(CSC/C=C(\C)CC/C=C(\C)CCC=C(C)C)C(=O)O. The van der Waals surface area contributed by atoms with Gasteiger partial charge in [0.2, 0.25) is 11.8 Å². The molecular formula is C24H40N2O4S. The molecule has 3 N–H and O–H groups in total. The molecule has 176 valence electrons. The number of nitrogens with two attached hydrogens (primary N) is 1. The maximum Gasteiger partial charge on any atom is 0.307 e. The van der Waals surface area contributed by atoms with Crippen molar-refractivity contribution >= 4 is 29.5 Å². The summed E-state index contributed by atoms with van der Waals surface area (Å²) in [7, 11) is 0. The van der Waals surface area contributed by atoms with E-state index in [1.54, 1.807) is 6.92 Å². The number of allylic oxidation sites excluding steroid dienone is 5. The van der Waals surface area contributed by atoms with E-state index in [1.807, 2.05) is 0 Å². The van der Waals surface area contributed by atoms with Crippen LogP contribution in [-0.4, -0.2) is 52.4 Å². The van der Waals surface area contributed by atoms with Crippen molar-refractivity contribution in [2.24, 2.45) is 11.7 Å². The molecular weight excluding hydrogens is 412 g/mol. The summed E-state index contributed by atoms with van der Waals surface area (Å²) < 4.78 is 0. The lowest BCUT2D eigenvalue weighted by atomic mass is 10.1. The van der Waals surface area contributed by atoms with Gasteiger partial charge in [-0.25, -0.2) is 0 Å². The number of likely N-dealkylation sites (N-methyl/N-ethyl adjacent to an activating group) is 1. The molecule has 0 heterocycles. The highest BCUT2D eigenvalue weighted by atomic mass is 32.2. The van der Waals surface area contributed by atoms with E-state index in [0.717, 1.165) is 25.7 Å². The zero-order valence-electron chi connectivity index (χ0n) is 19.8. The Morgan fingerprint density at radius 1 is 1.00 bits per heavy atom. The van der Waals surface area contributed by atoms with Gasteiger partial charge in [0.25, 0.3) is 0 Å². The van der Waals surface area contributed by atoms with Crippen molar-refractivity contribution in [3.8, 4) is 0 Å². The molecule has 6 nitrogen and oxygen atoms in total. The first-order chi connectivity index (χ1) is 14.6. The Balaban J connectivity index is 4.40. The first-order valence-electron chi connectivity index (χ1n) is 10.9. The number of rotatable bonds is 16. The third-order valence-corrected chi connectivity index (χ3v) is 5.88. The molecule has 0 saturated heterocycles.